The molecule has 1 atom stereocenters. The van der Waals surface area contributed by atoms with Crippen LogP contribution in [0.25, 0.3) is 0 Å². The first-order valence-electron chi connectivity index (χ1n) is 6.97. The SMILES string of the molecule is O=C1c2ccccc2C2CC3(CCN12)SCCCS3. The first-order valence-corrected chi connectivity index (χ1v) is 8.94. The largest absolute Gasteiger partial charge is 0.331 e. The Morgan fingerprint density at radius 2 is 2.00 bits per heavy atom. The van der Waals surface area contributed by atoms with Gasteiger partial charge in [-0.1, -0.05) is 18.2 Å². The number of hydrogen-bond acceptors (Lipinski definition) is 3. The molecule has 3 aliphatic rings. The van der Waals surface area contributed by atoms with Gasteiger partial charge in [-0.15, -0.1) is 23.5 Å². The first kappa shape index (κ1) is 12.2. The molecule has 1 amide bonds. The van der Waals surface area contributed by atoms with Crippen LogP contribution in [0.5, 0.6) is 0 Å². The molecule has 2 nitrogen and oxygen atoms in total. The smallest absolute Gasteiger partial charge is 0.254 e. The van der Waals surface area contributed by atoms with E-state index < -0.39 is 0 Å². The molecule has 1 aromatic carbocycles. The minimum absolute atomic E-state index is 0.251. The van der Waals surface area contributed by atoms with Crippen molar-refractivity contribution in [2.45, 2.75) is 29.4 Å². The quantitative estimate of drug-likeness (QED) is 0.729. The monoisotopic (exact) mass is 291 g/mol. The van der Waals surface area contributed by atoms with Crippen molar-refractivity contribution >= 4 is 29.4 Å². The minimum atomic E-state index is 0.251. The highest BCUT2D eigenvalue weighted by molar-refractivity contribution is 8.18. The summed E-state index contributed by atoms with van der Waals surface area (Å²) >= 11 is 4.27. The van der Waals surface area contributed by atoms with E-state index in [-0.39, 0.29) is 5.91 Å². The predicted molar refractivity (Wildman–Crippen MR) is 81.7 cm³/mol. The maximum Gasteiger partial charge on any atom is 0.254 e. The van der Waals surface area contributed by atoms with Gasteiger partial charge in [-0.25, -0.2) is 0 Å². The van der Waals surface area contributed by atoms with Gasteiger partial charge in [0.05, 0.1) is 10.1 Å². The number of thioether (sulfide) groups is 2. The summed E-state index contributed by atoms with van der Waals surface area (Å²) in [4.78, 5) is 14.5. The highest BCUT2D eigenvalue weighted by atomic mass is 32.2. The van der Waals surface area contributed by atoms with E-state index in [9.17, 15) is 4.79 Å². The van der Waals surface area contributed by atoms with Crippen molar-refractivity contribution in [1.29, 1.82) is 0 Å². The molecule has 3 heterocycles. The van der Waals surface area contributed by atoms with Crippen LogP contribution in [0.3, 0.4) is 0 Å². The highest BCUT2D eigenvalue weighted by Crippen LogP contribution is 2.55. The number of benzene rings is 1. The zero-order valence-electron chi connectivity index (χ0n) is 10.8. The molecule has 0 saturated carbocycles. The zero-order valence-corrected chi connectivity index (χ0v) is 12.4. The molecule has 2 saturated heterocycles. The summed E-state index contributed by atoms with van der Waals surface area (Å²) in [5.41, 5.74) is 2.20. The van der Waals surface area contributed by atoms with E-state index in [0.29, 0.717) is 10.1 Å². The normalized spacial score (nSPS) is 28.3. The van der Waals surface area contributed by atoms with E-state index in [1.807, 2.05) is 12.1 Å². The molecule has 4 heteroatoms. The Kier molecular flexibility index (Phi) is 2.85. The third-order valence-electron chi connectivity index (χ3n) is 4.44. The summed E-state index contributed by atoms with van der Waals surface area (Å²) in [7, 11) is 0. The van der Waals surface area contributed by atoms with E-state index in [1.54, 1.807) is 0 Å². The fraction of sp³-hybridized carbons (Fsp3) is 0.533. The third-order valence-corrected chi connectivity index (χ3v) is 7.93. The Morgan fingerprint density at radius 3 is 2.84 bits per heavy atom. The highest BCUT2D eigenvalue weighted by Gasteiger charge is 2.47. The average molecular weight is 291 g/mol. The van der Waals surface area contributed by atoms with Gasteiger partial charge in [0, 0.05) is 12.1 Å². The second-order valence-electron chi connectivity index (χ2n) is 5.52. The number of fused-ring (bicyclic) bond motifs is 3. The Morgan fingerprint density at radius 1 is 1.21 bits per heavy atom. The number of carbonyl (C=O) groups excluding carboxylic acids is 1. The maximum atomic E-state index is 12.4. The maximum absolute atomic E-state index is 12.4. The van der Waals surface area contributed by atoms with Gasteiger partial charge in [0.15, 0.2) is 0 Å². The molecule has 4 rings (SSSR count). The molecule has 100 valence electrons. The molecular weight excluding hydrogens is 274 g/mol. The summed E-state index contributed by atoms with van der Waals surface area (Å²) in [6, 6.07) is 8.52. The summed E-state index contributed by atoms with van der Waals surface area (Å²) in [5, 5.41) is 0. The van der Waals surface area contributed by atoms with Crippen LogP contribution >= 0.6 is 23.5 Å². The van der Waals surface area contributed by atoms with Crippen LogP contribution in [0.4, 0.5) is 0 Å². The number of carbonyl (C=O) groups is 1. The molecule has 1 aromatic rings. The van der Waals surface area contributed by atoms with Gasteiger partial charge >= 0.3 is 0 Å². The lowest BCUT2D eigenvalue weighted by Crippen LogP contribution is -2.43. The summed E-state index contributed by atoms with van der Waals surface area (Å²) in [6.07, 6.45) is 3.62. The average Bonchev–Trinajstić information content (AvgIpc) is 2.73. The lowest BCUT2D eigenvalue weighted by Gasteiger charge is -2.45. The van der Waals surface area contributed by atoms with Gasteiger partial charge < -0.3 is 4.90 Å². The third kappa shape index (κ3) is 1.83. The minimum Gasteiger partial charge on any atom is -0.331 e. The fourth-order valence-corrected chi connectivity index (χ4v) is 6.85. The van der Waals surface area contributed by atoms with E-state index in [4.69, 9.17) is 0 Å². The molecule has 0 aliphatic carbocycles. The standard InChI is InChI=1S/C15H17NOS2/c17-14-12-5-2-1-4-11(12)13-10-15(6-7-16(13)14)18-8-3-9-19-15/h1-2,4-5,13H,3,6-10H2. The van der Waals surface area contributed by atoms with Crippen LogP contribution in [0, 0.1) is 0 Å². The Balaban J connectivity index is 1.69. The Hall–Kier alpha value is -0.610. The van der Waals surface area contributed by atoms with Crippen molar-refractivity contribution in [1.82, 2.24) is 4.90 Å². The molecule has 1 spiro atoms. The molecular formula is C15H17NOS2. The second-order valence-corrected chi connectivity index (χ2v) is 8.73. The van der Waals surface area contributed by atoms with E-state index in [1.165, 1.54) is 23.5 Å². The first-order chi connectivity index (χ1) is 9.29. The van der Waals surface area contributed by atoms with Crippen molar-refractivity contribution in [2.24, 2.45) is 0 Å². The molecule has 0 N–H and O–H groups in total. The molecule has 0 aromatic heterocycles. The molecule has 1 unspecified atom stereocenters. The number of piperidine rings is 1. The topological polar surface area (TPSA) is 20.3 Å². The van der Waals surface area contributed by atoms with Gasteiger partial charge in [-0.3, -0.25) is 4.79 Å². The van der Waals surface area contributed by atoms with Crippen molar-refractivity contribution in [2.75, 3.05) is 18.1 Å². The lowest BCUT2D eigenvalue weighted by atomic mass is 9.96. The van der Waals surface area contributed by atoms with Crippen LogP contribution in [0.1, 0.15) is 41.2 Å². The van der Waals surface area contributed by atoms with Gasteiger partial charge in [0.1, 0.15) is 0 Å². The molecule has 2 fully saturated rings. The summed E-state index contributed by atoms with van der Waals surface area (Å²) < 4.78 is 0.372. The number of amides is 1. The lowest BCUT2D eigenvalue weighted by molar-refractivity contribution is 0.0668. The summed E-state index contributed by atoms with van der Waals surface area (Å²) in [5.74, 6) is 2.83. The second kappa shape index (κ2) is 4.45. The molecule has 0 bridgehead atoms. The van der Waals surface area contributed by atoms with Crippen LogP contribution in [-0.2, 0) is 0 Å². The van der Waals surface area contributed by atoms with E-state index >= 15 is 0 Å². The van der Waals surface area contributed by atoms with Crippen molar-refractivity contribution in [3.8, 4) is 0 Å². The van der Waals surface area contributed by atoms with Crippen LogP contribution in [0.15, 0.2) is 24.3 Å². The van der Waals surface area contributed by atoms with Gasteiger partial charge in [0.25, 0.3) is 5.91 Å². The van der Waals surface area contributed by atoms with E-state index in [0.717, 1.165) is 24.9 Å². The number of nitrogens with zero attached hydrogens (tertiary/aromatic N) is 1. The van der Waals surface area contributed by atoms with Crippen molar-refractivity contribution in [3.63, 3.8) is 0 Å². The Bertz CT molecular complexity index is 525. The van der Waals surface area contributed by atoms with Crippen molar-refractivity contribution < 1.29 is 4.79 Å². The predicted octanol–water partition coefficient (Wildman–Crippen LogP) is 3.54. The van der Waals surface area contributed by atoms with Gasteiger partial charge in [-0.05, 0) is 42.4 Å². The van der Waals surface area contributed by atoms with Crippen molar-refractivity contribution in [3.05, 3.63) is 35.4 Å². The van der Waals surface area contributed by atoms with Gasteiger partial charge in [0.2, 0.25) is 0 Å². The van der Waals surface area contributed by atoms with Crippen LogP contribution in [0.2, 0.25) is 0 Å². The summed E-state index contributed by atoms with van der Waals surface area (Å²) in [6.45, 7) is 0.929. The van der Waals surface area contributed by atoms with Gasteiger partial charge in [-0.2, -0.15) is 0 Å². The molecule has 0 radical (unpaired) electrons. The van der Waals surface area contributed by atoms with Crippen LogP contribution < -0.4 is 0 Å². The van der Waals surface area contributed by atoms with Crippen LogP contribution in [-0.4, -0.2) is 32.9 Å². The fourth-order valence-electron chi connectivity index (χ4n) is 3.49. The Labute approximate surface area is 122 Å². The molecule has 3 aliphatic heterocycles. The zero-order chi connectivity index (χ0) is 12.9. The van der Waals surface area contributed by atoms with E-state index in [2.05, 4.69) is 40.6 Å². The molecule has 19 heavy (non-hydrogen) atoms. The number of rotatable bonds is 0. The number of hydrogen-bond donors (Lipinski definition) is 0.